The third-order valence-corrected chi connectivity index (χ3v) is 3.74. The van der Waals surface area contributed by atoms with Crippen LogP contribution in [0.4, 0.5) is 0 Å². The van der Waals surface area contributed by atoms with Gasteiger partial charge in [-0.15, -0.1) is 0 Å². The molecule has 0 spiro atoms. The lowest BCUT2D eigenvalue weighted by Gasteiger charge is -2.10. The van der Waals surface area contributed by atoms with E-state index in [0.717, 1.165) is 29.7 Å². The van der Waals surface area contributed by atoms with Crippen LogP contribution in [0.1, 0.15) is 38.2 Å². The Morgan fingerprint density at radius 3 is 2.45 bits per heavy atom. The SMILES string of the molecule is CCCCCCn1ccc(-c2ccccc2)c(C)c1=O. The molecule has 0 fully saturated rings. The Balaban J connectivity index is 2.19. The zero-order chi connectivity index (χ0) is 14.4. The molecule has 20 heavy (non-hydrogen) atoms. The van der Waals surface area contributed by atoms with E-state index in [1.165, 1.54) is 19.3 Å². The van der Waals surface area contributed by atoms with Crippen LogP contribution in [-0.2, 0) is 6.54 Å². The number of aromatic nitrogens is 1. The van der Waals surface area contributed by atoms with Gasteiger partial charge in [0.15, 0.2) is 0 Å². The highest BCUT2D eigenvalue weighted by molar-refractivity contribution is 5.66. The van der Waals surface area contributed by atoms with E-state index in [1.54, 1.807) is 0 Å². The molecule has 0 aliphatic rings. The molecule has 2 rings (SSSR count). The normalized spacial score (nSPS) is 10.7. The van der Waals surface area contributed by atoms with Gasteiger partial charge in [-0.1, -0.05) is 56.5 Å². The van der Waals surface area contributed by atoms with Gasteiger partial charge in [0, 0.05) is 18.3 Å². The third-order valence-electron chi connectivity index (χ3n) is 3.74. The number of hydrogen-bond donors (Lipinski definition) is 0. The predicted molar refractivity (Wildman–Crippen MR) is 85.0 cm³/mol. The molecule has 2 heteroatoms. The zero-order valence-corrected chi connectivity index (χ0v) is 12.4. The number of unbranched alkanes of at least 4 members (excludes halogenated alkanes) is 3. The number of nitrogens with zero attached hydrogens (tertiary/aromatic N) is 1. The zero-order valence-electron chi connectivity index (χ0n) is 12.4. The van der Waals surface area contributed by atoms with Crippen molar-refractivity contribution in [2.24, 2.45) is 0 Å². The summed E-state index contributed by atoms with van der Waals surface area (Å²) in [6.45, 7) is 4.95. The highest BCUT2D eigenvalue weighted by Gasteiger charge is 2.07. The van der Waals surface area contributed by atoms with Gasteiger partial charge in [-0.2, -0.15) is 0 Å². The van der Waals surface area contributed by atoms with Gasteiger partial charge in [0.1, 0.15) is 0 Å². The molecule has 0 aliphatic heterocycles. The molecule has 2 nitrogen and oxygen atoms in total. The van der Waals surface area contributed by atoms with Gasteiger partial charge in [0.05, 0.1) is 0 Å². The number of pyridine rings is 1. The molecule has 0 amide bonds. The van der Waals surface area contributed by atoms with Crippen molar-refractivity contribution in [3.05, 3.63) is 58.5 Å². The quantitative estimate of drug-likeness (QED) is 0.712. The van der Waals surface area contributed by atoms with E-state index in [1.807, 2.05) is 48.0 Å². The summed E-state index contributed by atoms with van der Waals surface area (Å²) >= 11 is 0. The van der Waals surface area contributed by atoms with E-state index >= 15 is 0 Å². The average Bonchev–Trinajstić information content (AvgIpc) is 2.49. The van der Waals surface area contributed by atoms with Gasteiger partial charge in [-0.25, -0.2) is 0 Å². The maximum Gasteiger partial charge on any atom is 0.254 e. The van der Waals surface area contributed by atoms with Gasteiger partial charge < -0.3 is 4.57 Å². The first-order valence-electron chi connectivity index (χ1n) is 7.49. The van der Waals surface area contributed by atoms with Crippen molar-refractivity contribution in [2.45, 2.75) is 46.1 Å². The maximum absolute atomic E-state index is 12.4. The summed E-state index contributed by atoms with van der Waals surface area (Å²) in [5.74, 6) is 0. The highest BCUT2D eigenvalue weighted by atomic mass is 16.1. The van der Waals surface area contributed by atoms with Crippen LogP contribution in [0.2, 0.25) is 0 Å². The van der Waals surface area contributed by atoms with Crippen molar-refractivity contribution in [2.75, 3.05) is 0 Å². The summed E-state index contributed by atoms with van der Waals surface area (Å²) in [6.07, 6.45) is 6.68. The molecule has 0 saturated carbocycles. The monoisotopic (exact) mass is 269 g/mol. The second-order valence-corrected chi connectivity index (χ2v) is 5.28. The summed E-state index contributed by atoms with van der Waals surface area (Å²) in [7, 11) is 0. The Hall–Kier alpha value is -1.83. The van der Waals surface area contributed by atoms with Crippen LogP contribution in [0.25, 0.3) is 11.1 Å². The summed E-state index contributed by atoms with van der Waals surface area (Å²) in [5.41, 5.74) is 3.14. The third kappa shape index (κ3) is 3.38. The lowest BCUT2D eigenvalue weighted by atomic mass is 10.0. The molecule has 0 aliphatic carbocycles. The van der Waals surface area contributed by atoms with E-state index < -0.39 is 0 Å². The first-order chi connectivity index (χ1) is 9.74. The lowest BCUT2D eigenvalue weighted by Crippen LogP contribution is -2.22. The minimum Gasteiger partial charge on any atom is -0.315 e. The molecular formula is C18H23NO. The fourth-order valence-electron chi connectivity index (χ4n) is 2.50. The van der Waals surface area contributed by atoms with Gasteiger partial charge in [-0.3, -0.25) is 4.79 Å². The summed E-state index contributed by atoms with van der Waals surface area (Å²) < 4.78 is 1.84. The van der Waals surface area contributed by atoms with Gasteiger partial charge in [0.25, 0.3) is 5.56 Å². The largest absolute Gasteiger partial charge is 0.315 e. The molecule has 0 saturated heterocycles. The van der Waals surface area contributed by atoms with E-state index in [9.17, 15) is 4.79 Å². The van der Waals surface area contributed by atoms with Gasteiger partial charge >= 0.3 is 0 Å². The van der Waals surface area contributed by atoms with Crippen molar-refractivity contribution in [3.8, 4) is 11.1 Å². The highest BCUT2D eigenvalue weighted by Crippen LogP contribution is 2.20. The predicted octanol–water partition coefficient (Wildman–Crippen LogP) is 4.40. The Labute approximate surface area is 121 Å². The number of benzene rings is 1. The molecule has 1 aromatic carbocycles. The molecule has 0 atom stereocenters. The fourth-order valence-corrected chi connectivity index (χ4v) is 2.50. The molecule has 0 radical (unpaired) electrons. The molecular weight excluding hydrogens is 246 g/mol. The molecule has 0 bridgehead atoms. The second-order valence-electron chi connectivity index (χ2n) is 5.28. The smallest absolute Gasteiger partial charge is 0.254 e. The first-order valence-corrected chi connectivity index (χ1v) is 7.49. The molecule has 106 valence electrons. The Kier molecular flexibility index (Phi) is 5.16. The van der Waals surface area contributed by atoms with Crippen LogP contribution in [0.15, 0.2) is 47.4 Å². The molecule has 2 aromatic rings. The first kappa shape index (κ1) is 14.6. The summed E-state index contributed by atoms with van der Waals surface area (Å²) in [4.78, 5) is 12.4. The van der Waals surface area contributed by atoms with Crippen LogP contribution >= 0.6 is 0 Å². The van der Waals surface area contributed by atoms with E-state index in [-0.39, 0.29) is 5.56 Å². The number of hydrogen-bond acceptors (Lipinski definition) is 1. The van der Waals surface area contributed by atoms with Crippen LogP contribution in [0.3, 0.4) is 0 Å². The summed E-state index contributed by atoms with van der Waals surface area (Å²) in [6, 6.07) is 12.2. The van der Waals surface area contributed by atoms with Crippen molar-refractivity contribution in [3.63, 3.8) is 0 Å². The molecule has 1 heterocycles. The van der Waals surface area contributed by atoms with Crippen molar-refractivity contribution in [1.29, 1.82) is 0 Å². The topological polar surface area (TPSA) is 22.0 Å². The number of aryl methyl sites for hydroxylation is 1. The Morgan fingerprint density at radius 2 is 1.75 bits per heavy atom. The van der Waals surface area contributed by atoms with Crippen molar-refractivity contribution in [1.82, 2.24) is 4.57 Å². The maximum atomic E-state index is 12.4. The van der Waals surface area contributed by atoms with Crippen LogP contribution in [0, 0.1) is 6.92 Å². The van der Waals surface area contributed by atoms with Crippen LogP contribution in [-0.4, -0.2) is 4.57 Å². The van der Waals surface area contributed by atoms with Gasteiger partial charge in [0.2, 0.25) is 0 Å². The van der Waals surface area contributed by atoms with Crippen LogP contribution in [0.5, 0.6) is 0 Å². The Morgan fingerprint density at radius 1 is 1.00 bits per heavy atom. The van der Waals surface area contributed by atoms with E-state index in [2.05, 4.69) is 13.0 Å². The van der Waals surface area contributed by atoms with E-state index in [4.69, 9.17) is 0 Å². The second kappa shape index (κ2) is 7.09. The van der Waals surface area contributed by atoms with Crippen LogP contribution < -0.4 is 5.56 Å². The molecule has 0 unspecified atom stereocenters. The van der Waals surface area contributed by atoms with Crippen molar-refractivity contribution >= 4 is 0 Å². The van der Waals surface area contributed by atoms with Crippen molar-refractivity contribution < 1.29 is 0 Å². The fraction of sp³-hybridized carbons (Fsp3) is 0.389. The number of rotatable bonds is 6. The summed E-state index contributed by atoms with van der Waals surface area (Å²) in [5, 5.41) is 0. The minimum atomic E-state index is 0.142. The minimum absolute atomic E-state index is 0.142. The lowest BCUT2D eigenvalue weighted by molar-refractivity contribution is 0.569. The average molecular weight is 269 g/mol. The molecule has 1 aromatic heterocycles. The standard InChI is InChI=1S/C18H23NO/c1-3-4-5-9-13-19-14-12-17(15(2)18(19)20)16-10-7-6-8-11-16/h6-8,10-12,14H,3-5,9,13H2,1-2H3. The Bertz CT molecular complexity index is 599. The van der Waals surface area contributed by atoms with Gasteiger partial charge in [-0.05, 0) is 30.5 Å². The molecule has 0 N–H and O–H groups in total. The van der Waals surface area contributed by atoms with E-state index in [0.29, 0.717) is 0 Å².